The summed E-state index contributed by atoms with van der Waals surface area (Å²) in [6.45, 7) is 0.937. The largest absolute Gasteiger partial charge is 0.396 e. The third-order valence-corrected chi connectivity index (χ3v) is 2.31. The van der Waals surface area contributed by atoms with Crippen LogP contribution in [0.25, 0.3) is 0 Å². The van der Waals surface area contributed by atoms with Crippen molar-refractivity contribution >= 4 is 0 Å². The normalized spacial score (nSPS) is 27.1. The molecule has 1 fully saturated rings. The summed E-state index contributed by atoms with van der Waals surface area (Å²) < 4.78 is 5.36. The van der Waals surface area contributed by atoms with Gasteiger partial charge in [0.05, 0.1) is 6.61 Å². The number of epoxide rings is 1. The van der Waals surface area contributed by atoms with E-state index in [1.165, 1.54) is 5.56 Å². The second kappa shape index (κ2) is 2.88. The van der Waals surface area contributed by atoms with E-state index in [-0.39, 0.29) is 12.2 Å². The average molecular weight is 164 g/mol. The number of hydrogen-bond donors (Lipinski definition) is 1. The molecule has 1 saturated heterocycles. The lowest BCUT2D eigenvalue weighted by atomic mass is 9.97. The van der Waals surface area contributed by atoms with Crippen LogP contribution in [0.2, 0.25) is 0 Å². The Morgan fingerprint density at radius 2 is 2.00 bits per heavy atom. The molecule has 2 nitrogen and oxygen atoms in total. The Morgan fingerprint density at radius 1 is 1.33 bits per heavy atom. The topological polar surface area (TPSA) is 32.8 Å². The predicted octanol–water partition coefficient (Wildman–Crippen LogP) is 1.29. The van der Waals surface area contributed by atoms with Gasteiger partial charge in [-0.1, -0.05) is 30.3 Å². The summed E-state index contributed by atoms with van der Waals surface area (Å²) in [7, 11) is 0. The Bertz CT molecular complexity index is 252. The van der Waals surface area contributed by atoms with Crippen molar-refractivity contribution in [2.24, 2.45) is 0 Å². The van der Waals surface area contributed by atoms with Gasteiger partial charge in [-0.15, -0.1) is 0 Å². The standard InChI is InChI=1S/C10H12O2/c11-7-6-10(8-12-10)9-4-2-1-3-5-9/h1-5,11H,6-8H2/t10-/m0/s1. The molecule has 0 spiro atoms. The van der Waals surface area contributed by atoms with Crippen molar-refractivity contribution in [3.05, 3.63) is 35.9 Å². The summed E-state index contributed by atoms with van der Waals surface area (Å²) in [4.78, 5) is 0. The van der Waals surface area contributed by atoms with Crippen molar-refractivity contribution in [3.63, 3.8) is 0 Å². The van der Waals surface area contributed by atoms with Gasteiger partial charge in [0.25, 0.3) is 0 Å². The molecule has 0 saturated carbocycles. The molecule has 2 heteroatoms. The molecule has 1 N–H and O–H groups in total. The molecule has 0 radical (unpaired) electrons. The second-order valence-electron chi connectivity index (χ2n) is 3.12. The van der Waals surface area contributed by atoms with Crippen LogP contribution in [0.4, 0.5) is 0 Å². The number of rotatable bonds is 3. The maximum absolute atomic E-state index is 8.82. The SMILES string of the molecule is OCC[C@@]1(c2ccccc2)CO1. The lowest BCUT2D eigenvalue weighted by Gasteiger charge is -2.09. The van der Waals surface area contributed by atoms with Crippen LogP contribution in [0, 0.1) is 0 Å². The summed E-state index contributed by atoms with van der Waals surface area (Å²) in [6.07, 6.45) is 0.705. The Hall–Kier alpha value is -0.860. The Balaban J connectivity index is 2.19. The second-order valence-corrected chi connectivity index (χ2v) is 3.12. The third-order valence-electron chi connectivity index (χ3n) is 2.31. The van der Waals surface area contributed by atoms with Crippen molar-refractivity contribution < 1.29 is 9.84 Å². The molecule has 0 aromatic heterocycles. The number of aliphatic hydroxyl groups is 1. The zero-order chi connectivity index (χ0) is 8.44. The van der Waals surface area contributed by atoms with E-state index >= 15 is 0 Å². The molecule has 0 aliphatic carbocycles. The first-order chi connectivity index (χ1) is 5.87. The van der Waals surface area contributed by atoms with Crippen LogP contribution in [0.5, 0.6) is 0 Å². The Labute approximate surface area is 71.8 Å². The number of ether oxygens (including phenoxy) is 1. The van der Waals surface area contributed by atoms with E-state index in [2.05, 4.69) is 0 Å². The third kappa shape index (κ3) is 1.24. The van der Waals surface area contributed by atoms with Crippen molar-refractivity contribution in [1.82, 2.24) is 0 Å². The summed E-state index contributed by atoms with van der Waals surface area (Å²) in [5.41, 5.74) is 1.02. The Morgan fingerprint density at radius 3 is 2.50 bits per heavy atom. The van der Waals surface area contributed by atoms with Crippen LogP contribution in [0.15, 0.2) is 30.3 Å². The molecule has 1 aromatic rings. The van der Waals surface area contributed by atoms with Crippen LogP contribution in [0.1, 0.15) is 12.0 Å². The number of aliphatic hydroxyl groups excluding tert-OH is 1. The molecule has 1 atom stereocenters. The lowest BCUT2D eigenvalue weighted by molar-refractivity contribution is 0.214. The minimum Gasteiger partial charge on any atom is -0.396 e. The first kappa shape index (κ1) is 7.77. The van der Waals surface area contributed by atoms with Crippen LogP contribution >= 0.6 is 0 Å². The van der Waals surface area contributed by atoms with Crippen molar-refractivity contribution in [2.75, 3.05) is 13.2 Å². The first-order valence-corrected chi connectivity index (χ1v) is 4.18. The van der Waals surface area contributed by atoms with Crippen LogP contribution in [0.3, 0.4) is 0 Å². The summed E-state index contributed by atoms with van der Waals surface area (Å²) >= 11 is 0. The van der Waals surface area contributed by atoms with E-state index < -0.39 is 0 Å². The number of benzene rings is 1. The minimum absolute atomic E-state index is 0.157. The summed E-state index contributed by atoms with van der Waals surface area (Å²) in [6, 6.07) is 10.1. The van der Waals surface area contributed by atoms with Gasteiger partial charge in [-0.25, -0.2) is 0 Å². The molecule has 12 heavy (non-hydrogen) atoms. The molecular weight excluding hydrogens is 152 g/mol. The molecule has 0 bridgehead atoms. The highest BCUT2D eigenvalue weighted by atomic mass is 16.6. The van der Waals surface area contributed by atoms with Gasteiger partial charge in [-0.3, -0.25) is 0 Å². The van der Waals surface area contributed by atoms with E-state index in [4.69, 9.17) is 9.84 Å². The van der Waals surface area contributed by atoms with E-state index in [1.807, 2.05) is 30.3 Å². The highest BCUT2D eigenvalue weighted by Crippen LogP contribution is 2.41. The van der Waals surface area contributed by atoms with Gasteiger partial charge in [0.15, 0.2) is 0 Å². The van der Waals surface area contributed by atoms with Gasteiger partial charge < -0.3 is 9.84 Å². The van der Waals surface area contributed by atoms with Gasteiger partial charge in [-0.2, -0.15) is 0 Å². The van der Waals surface area contributed by atoms with Gasteiger partial charge in [0.1, 0.15) is 5.60 Å². The highest BCUT2D eigenvalue weighted by molar-refractivity contribution is 5.26. The molecule has 1 aliphatic rings. The maximum atomic E-state index is 8.82. The quantitative estimate of drug-likeness (QED) is 0.683. The van der Waals surface area contributed by atoms with Gasteiger partial charge in [0.2, 0.25) is 0 Å². The molecule has 1 heterocycles. The van der Waals surface area contributed by atoms with Crippen molar-refractivity contribution in [3.8, 4) is 0 Å². The van der Waals surface area contributed by atoms with Crippen LogP contribution in [-0.4, -0.2) is 18.3 Å². The smallest absolute Gasteiger partial charge is 0.119 e. The monoisotopic (exact) mass is 164 g/mol. The zero-order valence-corrected chi connectivity index (χ0v) is 6.86. The summed E-state index contributed by atoms with van der Waals surface area (Å²) in [5, 5.41) is 8.82. The fourth-order valence-electron chi connectivity index (χ4n) is 1.46. The van der Waals surface area contributed by atoms with Crippen LogP contribution < -0.4 is 0 Å². The average Bonchev–Trinajstić information content (AvgIpc) is 2.88. The summed E-state index contributed by atoms with van der Waals surface area (Å²) in [5.74, 6) is 0. The molecule has 0 amide bonds. The minimum atomic E-state index is -0.157. The van der Waals surface area contributed by atoms with E-state index in [0.29, 0.717) is 6.42 Å². The van der Waals surface area contributed by atoms with Gasteiger partial charge in [-0.05, 0) is 5.56 Å². The number of hydrogen-bond acceptors (Lipinski definition) is 2. The van der Waals surface area contributed by atoms with E-state index in [9.17, 15) is 0 Å². The first-order valence-electron chi connectivity index (χ1n) is 4.18. The highest BCUT2D eigenvalue weighted by Gasteiger charge is 2.45. The van der Waals surface area contributed by atoms with Crippen molar-refractivity contribution in [1.29, 1.82) is 0 Å². The zero-order valence-electron chi connectivity index (χ0n) is 6.86. The molecule has 64 valence electrons. The maximum Gasteiger partial charge on any atom is 0.119 e. The molecule has 0 unspecified atom stereocenters. The lowest BCUT2D eigenvalue weighted by Crippen LogP contribution is -2.10. The molecule has 2 rings (SSSR count). The molecular formula is C10H12O2. The van der Waals surface area contributed by atoms with Gasteiger partial charge in [0, 0.05) is 13.0 Å². The molecule has 1 aliphatic heterocycles. The fourth-order valence-corrected chi connectivity index (χ4v) is 1.46. The fraction of sp³-hybridized carbons (Fsp3) is 0.400. The van der Waals surface area contributed by atoms with Gasteiger partial charge >= 0.3 is 0 Å². The Kier molecular flexibility index (Phi) is 1.87. The van der Waals surface area contributed by atoms with E-state index in [0.717, 1.165) is 6.61 Å². The van der Waals surface area contributed by atoms with E-state index in [1.54, 1.807) is 0 Å². The van der Waals surface area contributed by atoms with Crippen molar-refractivity contribution in [2.45, 2.75) is 12.0 Å². The molecule has 1 aromatic carbocycles. The predicted molar refractivity (Wildman–Crippen MR) is 45.8 cm³/mol. The van der Waals surface area contributed by atoms with Crippen LogP contribution in [-0.2, 0) is 10.3 Å².